The highest BCUT2D eigenvalue weighted by molar-refractivity contribution is 5.32. The van der Waals surface area contributed by atoms with E-state index in [1.54, 1.807) is 5.57 Å². The first kappa shape index (κ1) is 7.11. The Balaban J connectivity index is 2.38. The Morgan fingerprint density at radius 1 is 1.64 bits per heavy atom. The first-order chi connectivity index (χ1) is 5.23. The molecule has 0 radical (unpaired) electrons. The average molecular weight is 149 g/mol. The maximum Gasteiger partial charge on any atom is 0.0319 e. The molecule has 0 bridgehead atoms. The van der Waals surface area contributed by atoms with Crippen LogP contribution in [-0.4, -0.2) is 6.04 Å². The Morgan fingerprint density at radius 3 is 3.18 bits per heavy atom. The van der Waals surface area contributed by atoms with Crippen molar-refractivity contribution in [1.29, 1.82) is 0 Å². The second-order valence-corrected chi connectivity index (χ2v) is 3.87. The first-order valence-corrected chi connectivity index (χ1v) is 4.37. The summed E-state index contributed by atoms with van der Waals surface area (Å²) < 4.78 is 0. The molecule has 0 aromatic heterocycles. The Hall–Kier alpha value is -0.560. The van der Waals surface area contributed by atoms with Gasteiger partial charge >= 0.3 is 0 Å². The number of nitrogens with two attached hydrogens (primary N) is 1. The van der Waals surface area contributed by atoms with Crippen molar-refractivity contribution in [2.24, 2.45) is 11.1 Å². The summed E-state index contributed by atoms with van der Waals surface area (Å²) in [7, 11) is 0. The van der Waals surface area contributed by atoms with Crippen molar-refractivity contribution in [2.75, 3.05) is 0 Å². The number of hydrogen-bond acceptors (Lipinski definition) is 1. The third kappa shape index (κ3) is 0.875. The molecule has 1 heteroatoms. The molecule has 0 heterocycles. The minimum Gasteiger partial charge on any atom is -0.324 e. The third-order valence-electron chi connectivity index (χ3n) is 3.23. The smallest absolute Gasteiger partial charge is 0.0319 e. The molecule has 0 saturated heterocycles. The molecular weight excluding hydrogens is 134 g/mol. The summed E-state index contributed by atoms with van der Waals surface area (Å²) in [6.45, 7) is 2.29. The van der Waals surface area contributed by atoms with Crippen LogP contribution in [0.2, 0.25) is 0 Å². The molecule has 0 aromatic carbocycles. The van der Waals surface area contributed by atoms with Crippen molar-refractivity contribution in [3.05, 3.63) is 23.8 Å². The highest BCUT2D eigenvalue weighted by Crippen LogP contribution is 2.46. The van der Waals surface area contributed by atoms with Crippen LogP contribution >= 0.6 is 0 Å². The van der Waals surface area contributed by atoms with Crippen LogP contribution in [-0.2, 0) is 0 Å². The maximum atomic E-state index is 6.03. The summed E-state index contributed by atoms with van der Waals surface area (Å²) in [5.41, 5.74) is 7.89. The van der Waals surface area contributed by atoms with Gasteiger partial charge in [0.15, 0.2) is 0 Å². The van der Waals surface area contributed by atoms with E-state index in [9.17, 15) is 0 Å². The number of hydrogen-bond donors (Lipinski definition) is 1. The quantitative estimate of drug-likeness (QED) is 0.560. The molecule has 2 unspecified atom stereocenters. The van der Waals surface area contributed by atoms with Crippen molar-refractivity contribution < 1.29 is 0 Å². The number of rotatable bonds is 0. The first-order valence-electron chi connectivity index (χ1n) is 4.37. The summed E-state index contributed by atoms with van der Waals surface area (Å²) in [4.78, 5) is 0. The summed E-state index contributed by atoms with van der Waals surface area (Å²) in [6.07, 6.45) is 10.3. The van der Waals surface area contributed by atoms with Gasteiger partial charge in [0.1, 0.15) is 0 Å². The Kier molecular flexibility index (Phi) is 1.43. The minimum atomic E-state index is 0.255. The zero-order chi connectivity index (χ0) is 7.90. The zero-order valence-corrected chi connectivity index (χ0v) is 7.01. The van der Waals surface area contributed by atoms with Gasteiger partial charge in [-0.3, -0.25) is 0 Å². The van der Waals surface area contributed by atoms with Crippen LogP contribution in [0.5, 0.6) is 0 Å². The molecule has 1 saturated carbocycles. The van der Waals surface area contributed by atoms with E-state index in [4.69, 9.17) is 5.73 Å². The van der Waals surface area contributed by atoms with Crippen molar-refractivity contribution in [2.45, 2.75) is 32.2 Å². The van der Waals surface area contributed by atoms with E-state index >= 15 is 0 Å². The van der Waals surface area contributed by atoms with E-state index in [1.165, 1.54) is 19.3 Å². The Bertz CT molecular complexity index is 227. The largest absolute Gasteiger partial charge is 0.324 e. The fourth-order valence-electron chi connectivity index (χ4n) is 2.25. The third-order valence-corrected chi connectivity index (χ3v) is 3.23. The SMILES string of the molecule is CC12CCCC1=CC=CC2N. The predicted octanol–water partition coefficient (Wildman–Crippen LogP) is 2.00. The molecule has 1 nitrogen and oxygen atoms in total. The fourth-order valence-corrected chi connectivity index (χ4v) is 2.25. The molecule has 0 aliphatic heterocycles. The average Bonchev–Trinajstić information content (AvgIpc) is 2.34. The van der Waals surface area contributed by atoms with Crippen LogP contribution in [0.1, 0.15) is 26.2 Å². The summed E-state index contributed by atoms with van der Waals surface area (Å²) in [6, 6.07) is 0.255. The van der Waals surface area contributed by atoms with E-state index in [1.807, 2.05) is 0 Å². The van der Waals surface area contributed by atoms with Crippen LogP contribution in [0, 0.1) is 5.41 Å². The summed E-state index contributed by atoms with van der Waals surface area (Å²) >= 11 is 0. The van der Waals surface area contributed by atoms with Gasteiger partial charge in [-0.1, -0.05) is 30.7 Å². The van der Waals surface area contributed by atoms with Gasteiger partial charge in [-0.15, -0.1) is 0 Å². The van der Waals surface area contributed by atoms with Gasteiger partial charge in [0.05, 0.1) is 0 Å². The van der Waals surface area contributed by atoms with Crippen LogP contribution in [0.3, 0.4) is 0 Å². The lowest BCUT2D eigenvalue weighted by Crippen LogP contribution is -2.38. The van der Waals surface area contributed by atoms with Crippen molar-refractivity contribution in [3.8, 4) is 0 Å². The zero-order valence-electron chi connectivity index (χ0n) is 7.01. The fraction of sp³-hybridized carbons (Fsp3) is 0.600. The lowest BCUT2D eigenvalue weighted by molar-refractivity contribution is 0.361. The second kappa shape index (κ2) is 2.21. The standard InChI is InChI=1S/C10H15N/c1-10-7-3-5-8(10)4-2-6-9(10)11/h2,4,6,9H,3,5,7,11H2,1H3. The second-order valence-electron chi connectivity index (χ2n) is 3.87. The molecule has 2 aliphatic carbocycles. The topological polar surface area (TPSA) is 26.0 Å². The normalized spacial score (nSPS) is 42.0. The highest BCUT2D eigenvalue weighted by Gasteiger charge is 2.38. The molecule has 0 amide bonds. The minimum absolute atomic E-state index is 0.255. The van der Waals surface area contributed by atoms with Crippen LogP contribution in [0.25, 0.3) is 0 Å². The molecule has 0 aromatic rings. The molecule has 2 rings (SSSR count). The van der Waals surface area contributed by atoms with Gasteiger partial charge in [0.2, 0.25) is 0 Å². The van der Waals surface area contributed by atoms with E-state index < -0.39 is 0 Å². The van der Waals surface area contributed by atoms with E-state index in [-0.39, 0.29) is 6.04 Å². The molecular formula is C10H15N. The number of fused-ring (bicyclic) bond motifs is 1. The van der Waals surface area contributed by atoms with Gasteiger partial charge in [0, 0.05) is 11.5 Å². The van der Waals surface area contributed by atoms with E-state index in [2.05, 4.69) is 25.2 Å². The Morgan fingerprint density at radius 2 is 2.45 bits per heavy atom. The van der Waals surface area contributed by atoms with E-state index in [0.717, 1.165) is 0 Å². The van der Waals surface area contributed by atoms with Crippen LogP contribution in [0.15, 0.2) is 23.8 Å². The maximum absolute atomic E-state index is 6.03. The highest BCUT2D eigenvalue weighted by atomic mass is 14.7. The Labute approximate surface area is 68.0 Å². The van der Waals surface area contributed by atoms with Gasteiger partial charge in [-0.2, -0.15) is 0 Å². The van der Waals surface area contributed by atoms with Crippen LogP contribution < -0.4 is 5.73 Å². The van der Waals surface area contributed by atoms with E-state index in [0.29, 0.717) is 5.41 Å². The van der Waals surface area contributed by atoms with Gasteiger partial charge in [0.25, 0.3) is 0 Å². The summed E-state index contributed by atoms with van der Waals surface area (Å²) in [5, 5.41) is 0. The summed E-state index contributed by atoms with van der Waals surface area (Å²) in [5.74, 6) is 0. The van der Waals surface area contributed by atoms with Crippen LogP contribution in [0.4, 0.5) is 0 Å². The molecule has 2 atom stereocenters. The lowest BCUT2D eigenvalue weighted by Gasteiger charge is -2.33. The molecule has 60 valence electrons. The monoisotopic (exact) mass is 149 g/mol. The van der Waals surface area contributed by atoms with Crippen molar-refractivity contribution in [1.82, 2.24) is 0 Å². The van der Waals surface area contributed by atoms with Gasteiger partial charge in [-0.05, 0) is 19.3 Å². The molecule has 2 N–H and O–H groups in total. The molecule has 1 fully saturated rings. The molecule has 0 spiro atoms. The van der Waals surface area contributed by atoms with Crippen molar-refractivity contribution >= 4 is 0 Å². The predicted molar refractivity (Wildman–Crippen MR) is 47.2 cm³/mol. The van der Waals surface area contributed by atoms with Gasteiger partial charge < -0.3 is 5.73 Å². The lowest BCUT2D eigenvalue weighted by atomic mass is 9.75. The number of allylic oxidation sites excluding steroid dienone is 2. The van der Waals surface area contributed by atoms with Gasteiger partial charge in [-0.25, -0.2) is 0 Å². The van der Waals surface area contributed by atoms with Crippen molar-refractivity contribution in [3.63, 3.8) is 0 Å². The molecule has 2 aliphatic rings. The molecule has 11 heavy (non-hydrogen) atoms.